The molecular formula is C31H46F6O6S. The average Bonchev–Trinajstić information content (AvgIpc) is 3.24. The molecule has 0 aliphatic heterocycles. The van der Waals surface area contributed by atoms with Gasteiger partial charge in [-0.3, -0.25) is 4.55 Å². The lowest BCUT2D eigenvalue weighted by atomic mass is 9.47. The van der Waals surface area contributed by atoms with E-state index < -0.39 is 46.1 Å². The fourth-order valence-electron chi connectivity index (χ4n) is 9.65. The molecule has 8 unspecified atom stereocenters. The Balaban J connectivity index is 1.46. The van der Waals surface area contributed by atoms with Crippen LogP contribution < -0.4 is 0 Å². The van der Waals surface area contributed by atoms with Gasteiger partial charge in [0.15, 0.2) is 0 Å². The highest BCUT2D eigenvalue weighted by molar-refractivity contribution is 7.85. The number of alkyl halides is 6. The van der Waals surface area contributed by atoms with Gasteiger partial charge < -0.3 is 9.47 Å². The minimum absolute atomic E-state index is 0.150. The number of rotatable bonds is 9. The molecule has 8 atom stereocenters. The first kappa shape index (κ1) is 35.4. The second-order valence-electron chi connectivity index (χ2n) is 14.3. The van der Waals surface area contributed by atoms with Crippen LogP contribution >= 0.6 is 0 Å². The molecule has 0 aromatic heterocycles. The molecule has 1 N–H and O–H groups in total. The second kappa shape index (κ2) is 12.3. The normalized spacial score (nSPS) is 35.2. The van der Waals surface area contributed by atoms with Crippen LogP contribution in [0.25, 0.3) is 0 Å². The summed E-state index contributed by atoms with van der Waals surface area (Å²) in [6.07, 6.45) is -2.64. The van der Waals surface area contributed by atoms with E-state index in [1.54, 1.807) is 0 Å². The lowest BCUT2D eigenvalue weighted by Crippen LogP contribution is -2.63. The Morgan fingerprint density at radius 3 is 2.27 bits per heavy atom. The van der Waals surface area contributed by atoms with Crippen molar-refractivity contribution in [3.8, 4) is 0 Å². The summed E-state index contributed by atoms with van der Waals surface area (Å²) >= 11 is 0. The predicted octanol–water partition coefficient (Wildman–Crippen LogP) is 9.05. The van der Waals surface area contributed by atoms with Crippen LogP contribution in [-0.4, -0.2) is 48.9 Å². The van der Waals surface area contributed by atoms with Crippen LogP contribution in [0.15, 0.2) is 11.6 Å². The number of hydrogen-bond donors (Lipinski definition) is 1. The number of unbranched alkanes of at least 4 members (excludes halogenated alkanes) is 2. The molecule has 0 spiro atoms. The third-order valence-electron chi connectivity index (χ3n) is 11.9. The van der Waals surface area contributed by atoms with Gasteiger partial charge in [-0.05, 0) is 85.4 Å². The fourth-order valence-corrected chi connectivity index (χ4v) is 10.5. The maximum Gasteiger partial charge on any atom is 0.509 e. The highest BCUT2D eigenvalue weighted by Crippen LogP contribution is 2.67. The SMILES string of the molecule is CCCCCC(C)C1CCC2C3CC=C4CC(OC(=O)OC(CS(=O)(=O)O)(C(F)(F)F)C(F)(F)F)CCC4(C)C3CCC12C. The number of ether oxygens (including phenoxy) is 2. The van der Waals surface area contributed by atoms with Gasteiger partial charge in [0.2, 0.25) is 0 Å². The van der Waals surface area contributed by atoms with Gasteiger partial charge in [-0.25, -0.2) is 4.79 Å². The molecule has 4 aliphatic rings. The maximum atomic E-state index is 13.6. The first-order valence-electron chi connectivity index (χ1n) is 15.9. The van der Waals surface area contributed by atoms with E-state index in [0.29, 0.717) is 36.0 Å². The standard InChI is InChI=1S/C31H46F6O6S/c1-5-6-7-8-19(2)23-11-12-24-22-10-9-20-17-21(13-15-27(20,3)25(22)14-16-28(23,24)4)42-26(38)43-29(30(32,33)34,31(35,36)37)18-44(39,40)41/h9,19,21-25H,5-8,10-18H2,1-4H3,(H,39,40,41). The van der Waals surface area contributed by atoms with E-state index in [-0.39, 0.29) is 23.7 Å². The van der Waals surface area contributed by atoms with Gasteiger partial charge in [0.1, 0.15) is 11.9 Å². The lowest BCUT2D eigenvalue weighted by Gasteiger charge is -2.58. The Labute approximate surface area is 256 Å². The van der Waals surface area contributed by atoms with E-state index >= 15 is 0 Å². The topological polar surface area (TPSA) is 89.9 Å². The van der Waals surface area contributed by atoms with Crippen molar-refractivity contribution in [2.75, 3.05) is 5.75 Å². The maximum absolute atomic E-state index is 13.6. The highest BCUT2D eigenvalue weighted by atomic mass is 32.2. The second-order valence-corrected chi connectivity index (χ2v) is 15.8. The molecule has 3 fully saturated rings. The zero-order chi connectivity index (χ0) is 32.9. The molecule has 0 radical (unpaired) electrons. The summed E-state index contributed by atoms with van der Waals surface area (Å²) in [6, 6.07) is 0. The third kappa shape index (κ3) is 6.51. The van der Waals surface area contributed by atoms with E-state index in [1.165, 1.54) is 38.5 Å². The Kier molecular flexibility index (Phi) is 9.85. The van der Waals surface area contributed by atoms with Crippen LogP contribution in [0, 0.1) is 40.4 Å². The molecule has 13 heteroatoms. The van der Waals surface area contributed by atoms with Crippen molar-refractivity contribution in [3.63, 3.8) is 0 Å². The molecule has 0 heterocycles. The Bertz CT molecular complexity index is 1180. The van der Waals surface area contributed by atoms with Gasteiger partial charge in [-0.2, -0.15) is 34.8 Å². The molecule has 0 aromatic rings. The van der Waals surface area contributed by atoms with E-state index in [1.807, 2.05) is 0 Å². The van der Waals surface area contributed by atoms with Gasteiger partial charge >= 0.3 is 24.1 Å². The Morgan fingerprint density at radius 2 is 1.68 bits per heavy atom. The molecule has 44 heavy (non-hydrogen) atoms. The molecule has 0 saturated heterocycles. The molecule has 0 bridgehead atoms. The van der Waals surface area contributed by atoms with Gasteiger partial charge in [-0.15, -0.1) is 0 Å². The minimum atomic E-state index is -6.39. The van der Waals surface area contributed by atoms with Crippen molar-refractivity contribution in [2.45, 2.75) is 129 Å². The van der Waals surface area contributed by atoms with Gasteiger partial charge in [0.25, 0.3) is 10.1 Å². The van der Waals surface area contributed by atoms with E-state index in [4.69, 9.17) is 9.29 Å². The first-order chi connectivity index (χ1) is 20.2. The molecule has 3 saturated carbocycles. The number of halogens is 6. The zero-order valence-corrected chi connectivity index (χ0v) is 26.7. The van der Waals surface area contributed by atoms with Crippen LogP contribution in [0.5, 0.6) is 0 Å². The molecule has 4 rings (SSSR count). The quantitative estimate of drug-likeness (QED) is 0.0873. The van der Waals surface area contributed by atoms with Crippen molar-refractivity contribution >= 4 is 16.3 Å². The molecule has 4 aliphatic carbocycles. The Morgan fingerprint density at radius 1 is 1.02 bits per heavy atom. The lowest BCUT2D eigenvalue weighted by molar-refractivity contribution is -0.360. The monoisotopic (exact) mass is 660 g/mol. The summed E-state index contributed by atoms with van der Waals surface area (Å²) in [6.45, 7) is 9.28. The van der Waals surface area contributed by atoms with E-state index in [0.717, 1.165) is 24.8 Å². The number of carbonyl (C=O) groups is 1. The third-order valence-corrected chi connectivity index (χ3v) is 12.7. The Hall–Kier alpha value is -1.50. The van der Waals surface area contributed by atoms with Crippen LogP contribution in [0.3, 0.4) is 0 Å². The van der Waals surface area contributed by atoms with Crippen LogP contribution in [0.1, 0.15) is 105 Å². The van der Waals surface area contributed by atoms with Crippen molar-refractivity contribution in [1.29, 1.82) is 0 Å². The van der Waals surface area contributed by atoms with Crippen molar-refractivity contribution in [2.24, 2.45) is 40.4 Å². The summed E-state index contributed by atoms with van der Waals surface area (Å²) in [5.74, 6) is -0.0778. The van der Waals surface area contributed by atoms with Crippen LogP contribution in [-0.2, 0) is 19.6 Å². The van der Waals surface area contributed by atoms with Crippen molar-refractivity contribution in [3.05, 3.63) is 11.6 Å². The molecule has 6 nitrogen and oxygen atoms in total. The van der Waals surface area contributed by atoms with Gasteiger partial charge in [0.05, 0.1) is 0 Å². The number of hydrogen-bond acceptors (Lipinski definition) is 5. The number of carbonyl (C=O) groups excluding carboxylic acids is 1. The van der Waals surface area contributed by atoms with E-state index in [2.05, 4.69) is 38.5 Å². The summed E-state index contributed by atoms with van der Waals surface area (Å²) in [5.41, 5.74) is -4.42. The van der Waals surface area contributed by atoms with E-state index in [9.17, 15) is 39.6 Å². The minimum Gasteiger partial charge on any atom is -0.431 e. The van der Waals surface area contributed by atoms with Crippen molar-refractivity contribution in [1.82, 2.24) is 0 Å². The summed E-state index contributed by atoms with van der Waals surface area (Å²) in [7, 11) is -5.87. The smallest absolute Gasteiger partial charge is 0.431 e. The van der Waals surface area contributed by atoms with Gasteiger partial charge in [0, 0.05) is 6.42 Å². The molecule has 0 aromatic carbocycles. The molecule has 254 valence electrons. The van der Waals surface area contributed by atoms with Gasteiger partial charge in [-0.1, -0.05) is 65.0 Å². The van der Waals surface area contributed by atoms with Crippen molar-refractivity contribution < 1.29 is 53.6 Å². The summed E-state index contributed by atoms with van der Waals surface area (Å²) in [4.78, 5) is 12.4. The number of fused-ring (bicyclic) bond motifs is 5. The largest absolute Gasteiger partial charge is 0.509 e. The predicted molar refractivity (Wildman–Crippen MR) is 151 cm³/mol. The van der Waals surface area contributed by atoms with Crippen LogP contribution in [0.4, 0.5) is 31.1 Å². The van der Waals surface area contributed by atoms with Crippen LogP contribution in [0.2, 0.25) is 0 Å². The summed E-state index contributed by atoms with van der Waals surface area (Å²) in [5, 5.41) is 0. The molecule has 0 amide bonds. The fraction of sp³-hybridized carbons (Fsp3) is 0.903. The average molecular weight is 661 g/mol. The summed E-state index contributed by atoms with van der Waals surface area (Å²) < 4.78 is 121. The number of allylic oxidation sites excluding steroid dienone is 1. The zero-order valence-electron chi connectivity index (χ0n) is 25.9. The molecular weight excluding hydrogens is 614 g/mol. The highest BCUT2D eigenvalue weighted by Gasteiger charge is 2.76. The first-order valence-corrected chi connectivity index (χ1v) is 17.5.